The highest BCUT2D eigenvalue weighted by Gasteiger charge is 2.08. The Balaban J connectivity index is 1.95. The van der Waals surface area contributed by atoms with Gasteiger partial charge in [-0.05, 0) is 18.6 Å². The second kappa shape index (κ2) is 7.99. The molecule has 0 saturated carbocycles. The number of amides is 1. The lowest BCUT2D eigenvalue weighted by Crippen LogP contribution is -2.25. The van der Waals surface area contributed by atoms with Crippen molar-refractivity contribution < 1.29 is 4.79 Å². The molecule has 0 saturated heterocycles. The predicted molar refractivity (Wildman–Crippen MR) is 83.6 cm³/mol. The summed E-state index contributed by atoms with van der Waals surface area (Å²) in [5, 5.41) is 6.01. The van der Waals surface area contributed by atoms with Crippen LogP contribution in [0.2, 0.25) is 0 Å². The summed E-state index contributed by atoms with van der Waals surface area (Å²) in [6.45, 7) is 2.81. The molecular formula is C16H20N4O. The van der Waals surface area contributed by atoms with E-state index in [0.29, 0.717) is 18.1 Å². The molecule has 5 nitrogen and oxygen atoms in total. The maximum atomic E-state index is 12.0. The van der Waals surface area contributed by atoms with Crippen LogP contribution in [-0.4, -0.2) is 22.4 Å². The SMILES string of the molecule is CCCCCNC(=O)c1cc(Nc2ccccc2)ncn1. The van der Waals surface area contributed by atoms with Crippen LogP contribution in [0.15, 0.2) is 42.7 Å². The van der Waals surface area contributed by atoms with Crippen molar-refractivity contribution in [3.8, 4) is 0 Å². The summed E-state index contributed by atoms with van der Waals surface area (Å²) in [6.07, 6.45) is 4.63. The quantitative estimate of drug-likeness (QED) is 0.766. The molecule has 0 aliphatic heterocycles. The molecule has 0 fully saturated rings. The van der Waals surface area contributed by atoms with Crippen molar-refractivity contribution in [1.29, 1.82) is 0 Å². The number of carbonyl (C=O) groups is 1. The first-order chi connectivity index (χ1) is 10.3. The summed E-state index contributed by atoms with van der Waals surface area (Å²) in [5.41, 5.74) is 1.30. The normalized spacial score (nSPS) is 10.1. The standard InChI is InChI=1S/C16H20N4O/c1-2-3-7-10-17-16(21)14-11-15(19-12-18-14)20-13-8-5-4-6-9-13/h4-6,8-9,11-12H,2-3,7,10H2,1H3,(H,17,21)(H,18,19,20). The number of para-hydroxylation sites is 1. The average Bonchev–Trinajstić information content (AvgIpc) is 2.53. The molecule has 0 radical (unpaired) electrons. The van der Waals surface area contributed by atoms with E-state index in [9.17, 15) is 4.79 Å². The zero-order chi connectivity index (χ0) is 14.9. The molecule has 5 heteroatoms. The minimum Gasteiger partial charge on any atom is -0.351 e. The van der Waals surface area contributed by atoms with E-state index < -0.39 is 0 Å². The maximum absolute atomic E-state index is 12.0. The van der Waals surface area contributed by atoms with Crippen LogP contribution in [0.3, 0.4) is 0 Å². The third-order valence-electron chi connectivity index (χ3n) is 3.01. The van der Waals surface area contributed by atoms with Gasteiger partial charge in [0.05, 0.1) is 0 Å². The Morgan fingerprint density at radius 3 is 2.71 bits per heavy atom. The molecular weight excluding hydrogens is 264 g/mol. The van der Waals surface area contributed by atoms with Crippen molar-refractivity contribution in [3.05, 3.63) is 48.4 Å². The number of nitrogens with zero attached hydrogens (tertiary/aromatic N) is 2. The van der Waals surface area contributed by atoms with Gasteiger partial charge in [0.2, 0.25) is 0 Å². The van der Waals surface area contributed by atoms with Gasteiger partial charge in [-0.15, -0.1) is 0 Å². The number of aromatic nitrogens is 2. The number of carbonyl (C=O) groups excluding carboxylic acids is 1. The molecule has 1 aromatic carbocycles. The minimum atomic E-state index is -0.162. The van der Waals surface area contributed by atoms with Gasteiger partial charge in [0.25, 0.3) is 5.91 Å². The molecule has 21 heavy (non-hydrogen) atoms. The van der Waals surface area contributed by atoms with E-state index in [1.807, 2.05) is 30.3 Å². The van der Waals surface area contributed by atoms with Crippen LogP contribution < -0.4 is 10.6 Å². The Hall–Kier alpha value is -2.43. The fourth-order valence-corrected chi connectivity index (χ4v) is 1.89. The highest BCUT2D eigenvalue weighted by atomic mass is 16.1. The van der Waals surface area contributed by atoms with Crippen LogP contribution in [0.5, 0.6) is 0 Å². The van der Waals surface area contributed by atoms with Crippen LogP contribution in [0.25, 0.3) is 0 Å². The van der Waals surface area contributed by atoms with E-state index in [-0.39, 0.29) is 5.91 Å². The summed E-state index contributed by atoms with van der Waals surface area (Å²) in [6, 6.07) is 11.3. The van der Waals surface area contributed by atoms with Crippen LogP contribution >= 0.6 is 0 Å². The molecule has 0 bridgehead atoms. The number of rotatable bonds is 7. The van der Waals surface area contributed by atoms with Gasteiger partial charge in [-0.3, -0.25) is 4.79 Å². The summed E-state index contributed by atoms with van der Waals surface area (Å²) in [4.78, 5) is 20.1. The highest BCUT2D eigenvalue weighted by Crippen LogP contribution is 2.13. The van der Waals surface area contributed by atoms with E-state index >= 15 is 0 Å². The first-order valence-electron chi connectivity index (χ1n) is 7.22. The third kappa shape index (κ3) is 4.87. The van der Waals surface area contributed by atoms with Gasteiger partial charge in [0.1, 0.15) is 17.8 Å². The van der Waals surface area contributed by atoms with E-state index in [1.165, 1.54) is 6.33 Å². The first kappa shape index (κ1) is 15.0. The number of anilines is 2. The van der Waals surface area contributed by atoms with E-state index in [4.69, 9.17) is 0 Å². The number of unbranched alkanes of at least 4 members (excludes halogenated alkanes) is 2. The molecule has 0 unspecified atom stereocenters. The largest absolute Gasteiger partial charge is 0.351 e. The lowest BCUT2D eigenvalue weighted by Gasteiger charge is -2.07. The minimum absolute atomic E-state index is 0.162. The summed E-state index contributed by atoms with van der Waals surface area (Å²) in [5.74, 6) is 0.444. The smallest absolute Gasteiger partial charge is 0.270 e. The molecule has 0 spiro atoms. The van der Waals surface area contributed by atoms with Crippen LogP contribution in [0.4, 0.5) is 11.5 Å². The molecule has 2 aromatic rings. The first-order valence-corrected chi connectivity index (χ1v) is 7.22. The van der Waals surface area contributed by atoms with Crippen LogP contribution in [-0.2, 0) is 0 Å². The molecule has 110 valence electrons. The Labute approximate surface area is 124 Å². The maximum Gasteiger partial charge on any atom is 0.270 e. The van der Waals surface area contributed by atoms with E-state index in [1.54, 1.807) is 6.07 Å². The third-order valence-corrected chi connectivity index (χ3v) is 3.01. The van der Waals surface area contributed by atoms with Gasteiger partial charge in [-0.25, -0.2) is 9.97 Å². The number of hydrogen-bond donors (Lipinski definition) is 2. The molecule has 1 aromatic heterocycles. The molecule has 0 aliphatic carbocycles. The van der Waals surface area contributed by atoms with Crippen LogP contribution in [0, 0.1) is 0 Å². The Kier molecular flexibility index (Phi) is 5.70. The number of benzene rings is 1. The van der Waals surface area contributed by atoms with E-state index in [0.717, 1.165) is 24.9 Å². The molecule has 0 atom stereocenters. The molecule has 2 rings (SSSR count). The predicted octanol–water partition coefficient (Wildman–Crippen LogP) is 3.14. The second-order valence-corrected chi connectivity index (χ2v) is 4.74. The van der Waals surface area contributed by atoms with Gasteiger partial charge in [-0.2, -0.15) is 0 Å². The van der Waals surface area contributed by atoms with Crippen molar-refractivity contribution in [2.24, 2.45) is 0 Å². The lowest BCUT2D eigenvalue weighted by molar-refractivity contribution is 0.0948. The van der Waals surface area contributed by atoms with Gasteiger partial charge in [-0.1, -0.05) is 38.0 Å². The van der Waals surface area contributed by atoms with Crippen molar-refractivity contribution in [3.63, 3.8) is 0 Å². The van der Waals surface area contributed by atoms with Crippen molar-refractivity contribution in [1.82, 2.24) is 15.3 Å². The van der Waals surface area contributed by atoms with Gasteiger partial charge in [0, 0.05) is 18.3 Å². The lowest BCUT2D eigenvalue weighted by atomic mass is 10.2. The average molecular weight is 284 g/mol. The summed E-state index contributed by atoms with van der Waals surface area (Å²) >= 11 is 0. The monoisotopic (exact) mass is 284 g/mol. The highest BCUT2D eigenvalue weighted by molar-refractivity contribution is 5.92. The van der Waals surface area contributed by atoms with Gasteiger partial charge < -0.3 is 10.6 Å². The van der Waals surface area contributed by atoms with Crippen molar-refractivity contribution >= 4 is 17.4 Å². The Morgan fingerprint density at radius 1 is 1.14 bits per heavy atom. The van der Waals surface area contributed by atoms with Crippen molar-refractivity contribution in [2.45, 2.75) is 26.2 Å². The van der Waals surface area contributed by atoms with Gasteiger partial charge in [0.15, 0.2) is 0 Å². The van der Waals surface area contributed by atoms with E-state index in [2.05, 4.69) is 27.5 Å². The Morgan fingerprint density at radius 2 is 1.95 bits per heavy atom. The molecule has 2 N–H and O–H groups in total. The summed E-state index contributed by atoms with van der Waals surface area (Å²) < 4.78 is 0. The van der Waals surface area contributed by atoms with Crippen LogP contribution in [0.1, 0.15) is 36.7 Å². The zero-order valence-corrected chi connectivity index (χ0v) is 12.2. The van der Waals surface area contributed by atoms with Crippen molar-refractivity contribution in [2.75, 3.05) is 11.9 Å². The van der Waals surface area contributed by atoms with Gasteiger partial charge >= 0.3 is 0 Å². The zero-order valence-electron chi connectivity index (χ0n) is 12.2. The topological polar surface area (TPSA) is 66.9 Å². The fourth-order valence-electron chi connectivity index (χ4n) is 1.89. The molecule has 1 amide bonds. The number of hydrogen-bond acceptors (Lipinski definition) is 4. The fraction of sp³-hybridized carbons (Fsp3) is 0.312. The molecule has 1 heterocycles. The molecule has 0 aliphatic rings. The second-order valence-electron chi connectivity index (χ2n) is 4.74. The number of nitrogens with one attached hydrogen (secondary N) is 2. The summed E-state index contributed by atoms with van der Waals surface area (Å²) in [7, 11) is 0. The Bertz CT molecular complexity index is 571.